The second kappa shape index (κ2) is 9.78. The lowest BCUT2D eigenvalue weighted by atomic mass is 9.58. The number of hydrogen-bond acceptors (Lipinski definition) is 4. The molecule has 0 unspecified atom stereocenters. The van der Waals surface area contributed by atoms with E-state index in [0.717, 1.165) is 62.4 Å². The number of likely N-dealkylation sites (tertiary alicyclic amines) is 1. The van der Waals surface area contributed by atoms with Crippen LogP contribution in [0.15, 0.2) is 59.7 Å². The topological polar surface area (TPSA) is 54.7 Å². The highest BCUT2D eigenvalue weighted by Crippen LogP contribution is 2.49. The molecule has 1 aliphatic carbocycles. The smallest absolute Gasteiger partial charge is 0.244 e. The van der Waals surface area contributed by atoms with Crippen LogP contribution in [-0.2, 0) is 10.2 Å². The number of hydrogen-bond donors (Lipinski definition) is 1. The molecule has 2 aliphatic rings. The van der Waals surface area contributed by atoms with Gasteiger partial charge in [0.25, 0.3) is 0 Å². The summed E-state index contributed by atoms with van der Waals surface area (Å²) >= 11 is 0. The molecule has 4 rings (SSSR count). The molecule has 1 N–H and O–H groups in total. The number of nitrogens with one attached hydrogen (secondary N) is 1. The Morgan fingerprint density at radius 3 is 3.00 bits per heavy atom. The molecule has 1 aromatic heterocycles. The van der Waals surface area contributed by atoms with E-state index in [4.69, 9.17) is 9.15 Å². The molecule has 0 spiro atoms. The van der Waals surface area contributed by atoms with Crippen LogP contribution >= 0.6 is 0 Å². The third-order valence-corrected chi connectivity index (χ3v) is 7.30. The first-order chi connectivity index (χ1) is 15.5. The number of rotatable bonds is 7. The van der Waals surface area contributed by atoms with Gasteiger partial charge in [0.2, 0.25) is 5.91 Å². The van der Waals surface area contributed by atoms with E-state index in [2.05, 4.69) is 35.0 Å². The van der Waals surface area contributed by atoms with Gasteiger partial charge in [-0.1, -0.05) is 18.2 Å². The summed E-state index contributed by atoms with van der Waals surface area (Å²) in [4.78, 5) is 15.2. The molecule has 1 saturated carbocycles. The summed E-state index contributed by atoms with van der Waals surface area (Å²) in [6.07, 6.45) is 11.2. The molecular formula is C27H34N2O3. The predicted molar refractivity (Wildman–Crippen MR) is 128 cm³/mol. The fourth-order valence-corrected chi connectivity index (χ4v) is 5.60. The number of carbonyl (C=O) groups excluding carboxylic acids is 1. The quantitative estimate of drug-likeness (QED) is 0.506. The van der Waals surface area contributed by atoms with Gasteiger partial charge in [-0.3, -0.25) is 9.69 Å². The zero-order valence-corrected chi connectivity index (χ0v) is 19.2. The molecule has 5 nitrogen and oxygen atoms in total. The molecule has 2 heterocycles. The Labute approximate surface area is 191 Å². The van der Waals surface area contributed by atoms with E-state index in [9.17, 15) is 4.79 Å². The molecule has 1 aromatic carbocycles. The standard InChI is InChI=1S/C27H34N2O3/c1-4-14-29-15-13-27(22-6-5-7-25(17-22)31-3)18-24(10-9-23(27)19-29)28-26(30)11-8-21-12-16-32-20(21)2/h4-8,11-12,16-17,23-24H,1,9-10,13-15,18-19H2,2-3H3,(H,28,30)/t23-,24-,27+/m1/s1. The maximum Gasteiger partial charge on any atom is 0.244 e. The van der Waals surface area contributed by atoms with E-state index in [1.54, 1.807) is 19.4 Å². The van der Waals surface area contributed by atoms with Crippen molar-refractivity contribution in [2.75, 3.05) is 26.7 Å². The normalized spacial score (nSPS) is 25.9. The van der Waals surface area contributed by atoms with Crippen LogP contribution in [0, 0.1) is 12.8 Å². The van der Waals surface area contributed by atoms with Gasteiger partial charge in [0.1, 0.15) is 11.5 Å². The largest absolute Gasteiger partial charge is 0.497 e. The summed E-state index contributed by atoms with van der Waals surface area (Å²) in [5.74, 6) is 2.23. The van der Waals surface area contributed by atoms with Crippen LogP contribution < -0.4 is 10.1 Å². The number of amides is 1. The SMILES string of the molecule is C=CCN1CC[C@@]2(c3cccc(OC)c3)C[C@H](NC(=O)C=Cc3ccoc3C)CC[C@@H]2C1. The number of aryl methyl sites for hydroxylation is 1. The van der Waals surface area contributed by atoms with E-state index in [1.165, 1.54) is 5.56 Å². The van der Waals surface area contributed by atoms with Gasteiger partial charge in [-0.25, -0.2) is 0 Å². The average Bonchev–Trinajstić information content (AvgIpc) is 3.22. The second-order valence-corrected chi connectivity index (χ2v) is 9.14. The number of carbonyl (C=O) groups is 1. The van der Waals surface area contributed by atoms with Gasteiger partial charge in [0, 0.05) is 36.2 Å². The van der Waals surface area contributed by atoms with Crippen molar-refractivity contribution in [1.82, 2.24) is 10.2 Å². The van der Waals surface area contributed by atoms with Crippen LogP contribution in [0.1, 0.15) is 42.6 Å². The molecule has 1 amide bonds. The number of furan rings is 1. The van der Waals surface area contributed by atoms with E-state index in [0.29, 0.717) is 5.92 Å². The van der Waals surface area contributed by atoms with Crippen molar-refractivity contribution in [2.24, 2.45) is 5.92 Å². The Morgan fingerprint density at radius 2 is 2.25 bits per heavy atom. The molecule has 0 radical (unpaired) electrons. The molecule has 2 aromatic rings. The van der Waals surface area contributed by atoms with Crippen molar-refractivity contribution in [1.29, 1.82) is 0 Å². The van der Waals surface area contributed by atoms with E-state index >= 15 is 0 Å². The third-order valence-electron chi connectivity index (χ3n) is 7.30. The van der Waals surface area contributed by atoms with Crippen LogP contribution in [0.4, 0.5) is 0 Å². The molecule has 32 heavy (non-hydrogen) atoms. The lowest BCUT2D eigenvalue weighted by Gasteiger charge is -2.53. The second-order valence-electron chi connectivity index (χ2n) is 9.14. The first-order valence-corrected chi connectivity index (χ1v) is 11.5. The monoisotopic (exact) mass is 434 g/mol. The van der Waals surface area contributed by atoms with Gasteiger partial charge < -0.3 is 14.5 Å². The minimum atomic E-state index is -0.0427. The van der Waals surface area contributed by atoms with Crippen LogP contribution in [0.25, 0.3) is 6.08 Å². The first kappa shape index (κ1) is 22.4. The van der Waals surface area contributed by atoms with E-state index < -0.39 is 0 Å². The molecule has 2 fully saturated rings. The summed E-state index contributed by atoms with van der Waals surface area (Å²) < 4.78 is 10.8. The molecule has 3 atom stereocenters. The fourth-order valence-electron chi connectivity index (χ4n) is 5.60. The molecule has 170 valence electrons. The van der Waals surface area contributed by atoms with Crippen LogP contribution in [0.2, 0.25) is 0 Å². The van der Waals surface area contributed by atoms with E-state index in [1.807, 2.05) is 31.2 Å². The van der Waals surface area contributed by atoms with Gasteiger partial charge in [-0.15, -0.1) is 6.58 Å². The lowest BCUT2D eigenvalue weighted by molar-refractivity contribution is -0.117. The maximum absolute atomic E-state index is 12.7. The van der Waals surface area contributed by atoms with Crippen molar-refractivity contribution in [3.05, 3.63) is 72.2 Å². The number of benzene rings is 1. The number of fused-ring (bicyclic) bond motifs is 1. The maximum atomic E-state index is 12.7. The fraction of sp³-hybridized carbons (Fsp3) is 0.444. The molecule has 1 saturated heterocycles. The van der Waals surface area contributed by atoms with Crippen LogP contribution in [-0.4, -0.2) is 43.6 Å². The number of ether oxygens (including phenoxy) is 1. The Bertz CT molecular complexity index is 979. The molecule has 5 heteroatoms. The molecular weight excluding hydrogens is 400 g/mol. The summed E-state index contributed by atoms with van der Waals surface area (Å²) in [5.41, 5.74) is 2.32. The minimum absolute atomic E-state index is 0.0427. The highest BCUT2D eigenvalue weighted by molar-refractivity contribution is 5.92. The number of methoxy groups -OCH3 is 1. The summed E-state index contributed by atoms with van der Waals surface area (Å²) in [5, 5.41) is 3.28. The Kier molecular flexibility index (Phi) is 6.85. The van der Waals surface area contributed by atoms with Crippen molar-refractivity contribution in [2.45, 2.75) is 44.1 Å². The van der Waals surface area contributed by atoms with Crippen molar-refractivity contribution in [3.63, 3.8) is 0 Å². The average molecular weight is 435 g/mol. The predicted octanol–water partition coefficient (Wildman–Crippen LogP) is 4.72. The van der Waals surface area contributed by atoms with Gasteiger partial charge in [-0.2, -0.15) is 0 Å². The van der Waals surface area contributed by atoms with E-state index in [-0.39, 0.29) is 17.4 Å². The number of nitrogens with zero attached hydrogens (tertiary/aromatic N) is 1. The first-order valence-electron chi connectivity index (χ1n) is 11.5. The van der Waals surface area contributed by atoms with Crippen LogP contribution in [0.5, 0.6) is 5.75 Å². The summed E-state index contributed by atoms with van der Waals surface area (Å²) in [6.45, 7) is 8.87. The van der Waals surface area contributed by atoms with Gasteiger partial charge in [0.05, 0.1) is 13.4 Å². The zero-order valence-electron chi connectivity index (χ0n) is 19.2. The third kappa shape index (κ3) is 4.68. The minimum Gasteiger partial charge on any atom is -0.497 e. The molecule has 1 aliphatic heterocycles. The van der Waals surface area contributed by atoms with Crippen molar-refractivity contribution < 1.29 is 13.9 Å². The van der Waals surface area contributed by atoms with Crippen molar-refractivity contribution >= 4 is 12.0 Å². The lowest BCUT2D eigenvalue weighted by Crippen LogP contribution is -2.56. The highest BCUT2D eigenvalue weighted by Gasteiger charge is 2.48. The summed E-state index contributed by atoms with van der Waals surface area (Å²) in [6, 6.07) is 10.6. The van der Waals surface area contributed by atoms with Gasteiger partial charge in [0.15, 0.2) is 0 Å². The zero-order chi connectivity index (χ0) is 22.6. The van der Waals surface area contributed by atoms with Crippen LogP contribution in [0.3, 0.4) is 0 Å². The van der Waals surface area contributed by atoms with Gasteiger partial charge in [-0.05, 0) is 74.9 Å². The Hall–Kier alpha value is -2.79. The van der Waals surface area contributed by atoms with Crippen molar-refractivity contribution in [3.8, 4) is 5.75 Å². The number of piperidine rings is 1. The van der Waals surface area contributed by atoms with Gasteiger partial charge >= 0.3 is 0 Å². The highest BCUT2D eigenvalue weighted by atomic mass is 16.5. The molecule has 0 bridgehead atoms. The summed E-state index contributed by atoms with van der Waals surface area (Å²) in [7, 11) is 1.72. The Balaban J connectivity index is 1.53. The Morgan fingerprint density at radius 1 is 1.38 bits per heavy atom.